The van der Waals surface area contributed by atoms with Crippen LogP contribution in [0.3, 0.4) is 0 Å². The highest BCUT2D eigenvalue weighted by Gasteiger charge is 2.17. The molecular formula is C13H12BrNO3S. The summed E-state index contributed by atoms with van der Waals surface area (Å²) in [6, 6.07) is 11.0. The van der Waals surface area contributed by atoms with E-state index in [9.17, 15) is 13.5 Å². The van der Waals surface area contributed by atoms with Crippen molar-refractivity contribution in [1.82, 2.24) is 0 Å². The first-order chi connectivity index (χ1) is 8.88. The van der Waals surface area contributed by atoms with Crippen molar-refractivity contribution in [1.29, 1.82) is 0 Å². The minimum Gasteiger partial charge on any atom is -0.508 e. The molecule has 0 atom stereocenters. The normalized spacial score (nSPS) is 11.3. The van der Waals surface area contributed by atoms with Crippen molar-refractivity contribution in [2.45, 2.75) is 11.8 Å². The highest BCUT2D eigenvalue weighted by atomic mass is 79.9. The van der Waals surface area contributed by atoms with Crippen molar-refractivity contribution < 1.29 is 13.5 Å². The summed E-state index contributed by atoms with van der Waals surface area (Å²) in [5.41, 5.74) is 0.968. The van der Waals surface area contributed by atoms with Gasteiger partial charge < -0.3 is 5.11 Å². The second kappa shape index (κ2) is 5.22. The van der Waals surface area contributed by atoms with E-state index in [2.05, 4.69) is 20.7 Å². The Morgan fingerprint density at radius 2 is 1.89 bits per heavy atom. The lowest BCUT2D eigenvalue weighted by Crippen LogP contribution is -2.14. The Morgan fingerprint density at radius 1 is 1.16 bits per heavy atom. The average Bonchev–Trinajstić information content (AvgIpc) is 2.31. The van der Waals surface area contributed by atoms with Crippen LogP contribution in [0.25, 0.3) is 0 Å². The van der Waals surface area contributed by atoms with Gasteiger partial charge in [-0.05, 0) is 36.8 Å². The molecule has 2 aromatic rings. The first kappa shape index (κ1) is 13.9. The summed E-state index contributed by atoms with van der Waals surface area (Å²) >= 11 is 3.25. The molecule has 0 amide bonds. The lowest BCUT2D eigenvalue weighted by atomic mass is 10.2. The molecule has 0 heterocycles. The van der Waals surface area contributed by atoms with Gasteiger partial charge in [0.05, 0.1) is 10.6 Å². The van der Waals surface area contributed by atoms with Crippen LogP contribution in [-0.2, 0) is 10.0 Å². The van der Waals surface area contributed by atoms with Crippen LogP contribution in [0.4, 0.5) is 5.69 Å². The summed E-state index contributed by atoms with van der Waals surface area (Å²) < 4.78 is 27.7. The van der Waals surface area contributed by atoms with E-state index in [4.69, 9.17) is 0 Å². The van der Waals surface area contributed by atoms with Crippen LogP contribution in [0.1, 0.15) is 5.56 Å². The van der Waals surface area contributed by atoms with E-state index in [1.165, 1.54) is 12.1 Å². The van der Waals surface area contributed by atoms with Gasteiger partial charge in [-0.15, -0.1) is 0 Å². The third kappa shape index (κ3) is 3.27. The Hall–Kier alpha value is -1.53. The van der Waals surface area contributed by atoms with Gasteiger partial charge in [0.25, 0.3) is 10.0 Å². The molecule has 0 spiro atoms. The molecule has 6 heteroatoms. The maximum absolute atomic E-state index is 12.3. The number of hydrogen-bond donors (Lipinski definition) is 2. The third-order valence-electron chi connectivity index (χ3n) is 2.54. The first-order valence-corrected chi connectivity index (χ1v) is 7.74. The first-order valence-electron chi connectivity index (χ1n) is 5.46. The molecule has 0 saturated heterocycles. The molecule has 0 aliphatic rings. The van der Waals surface area contributed by atoms with Crippen LogP contribution >= 0.6 is 15.9 Å². The van der Waals surface area contributed by atoms with Crippen molar-refractivity contribution in [3.05, 3.63) is 52.5 Å². The Balaban J connectivity index is 2.40. The van der Waals surface area contributed by atoms with E-state index in [1.807, 2.05) is 0 Å². The number of phenolic OH excluding ortho intramolecular Hbond substituents is 1. The Kier molecular flexibility index (Phi) is 3.82. The maximum Gasteiger partial charge on any atom is 0.262 e. The Morgan fingerprint density at radius 3 is 2.58 bits per heavy atom. The largest absolute Gasteiger partial charge is 0.508 e. The topological polar surface area (TPSA) is 66.4 Å². The molecule has 2 rings (SSSR count). The molecule has 0 unspecified atom stereocenters. The zero-order valence-electron chi connectivity index (χ0n) is 10.1. The van der Waals surface area contributed by atoms with E-state index in [-0.39, 0.29) is 10.6 Å². The molecule has 0 saturated carbocycles. The SMILES string of the molecule is Cc1ccc(Br)cc1S(=O)(=O)Nc1cccc(O)c1. The number of benzene rings is 2. The molecule has 0 aliphatic heterocycles. The van der Waals surface area contributed by atoms with Crippen molar-refractivity contribution in [2.75, 3.05) is 4.72 Å². The quantitative estimate of drug-likeness (QED) is 0.900. The number of anilines is 1. The van der Waals surface area contributed by atoms with Gasteiger partial charge in [-0.2, -0.15) is 0 Å². The van der Waals surface area contributed by atoms with Crippen LogP contribution in [0.2, 0.25) is 0 Å². The van der Waals surface area contributed by atoms with Gasteiger partial charge in [0.2, 0.25) is 0 Å². The van der Waals surface area contributed by atoms with Crippen LogP contribution in [0.15, 0.2) is 51.8 Å². The zero-order valence-corrected chi connectivity index (χ0v) is 12.5. The zero-order chi connectivity index (χ0) is 14.0. The van der Waals surface area contributed by atoms with E-state index in [0.717, 1.165) is 0 Å². The van der Waals surface area contributed by atoms with E-state index in [0.29, 0.717) is 15.7 Å². The predicted molar refractivity (Wildman–Crippen MR) is 77.8 cm³/mol. The van der Waals surface area contributed by atoms with Gasteiger partial charge in [0, 0.05) is 10.5 Å². The molecule has 0 aliphatic carbocycles. The summed E-state index contributed by atoms with van der Waals surface area (Å²) in [5, 5.41) is 9.34. The molecule has 2 N–H and O–H groups in total. The molecule has 0 fully saturated rings. The van der Waals surface area contributed by atoms with Gasteiger partial charge in [-0.3, -0.25) is 4.72 Å². The lowest BCUT2D eigenvalue weighted by molar-refractivity contribution is 0.475. The molecular weight excluding hydrogens is 330 g/mol. The monoisotopic (exact) mass is 341 g/mol. The molecule has 19 heavy (non-hydrogen) atoms. The van der Waals surface area contributed by atoms with Crippen LogP contribution in [0.5, 0.6) is 5.75 Å². The number of sulfonamides is 1. The predicted octanol–water partition coefficient (Wildman–Crippen LogP) is 3.26. The van der Waals surface area contributed by atoms with Gasteiger partial charge in [0.1, 0.15) is 5.75 Å². The number of halogens is 1. The molecule has 4 nitrogen and oxygen atoms in total. The molecule has 0 aromatic heterocycles. The molecule has 0 bridgehead atoms. The molecule has 100 valence electrons. The van der Waals surface area contributed by atoms with Gasteiger partial charge >= 0.3 is 0 Å². The van der Waals surface area contributed by atoms with Crippen molar-refractivity contribution in [2.24, 2.45) is 0 Å². The average molecular weight is 342 g/mol. The summed E-state index contributed by atoms with van der Waals surface area (Å²) in [5.74, 6) is 0.00571. The number of hydrogen-bond acceptors (Lipinski definition) is 3. The molecule has 2 aromatic carbocycles. The summed E-state index contributed by atoms with van der Waals surface area (Å²) in [6.45, 7) is 1.73. The third-order valence-corrected chi connectivity index (χ3v) is 4.55. The number of phenols is 1. The van der Waals surface area contributed by atoms with Gasteiger partial charge in [-0.25, -0.2) is 8.42 Å². The van der Waals surface area contributed by atoms with Gasteiger partial charge in [0.15, 0.2) is 0 Å². The Bertz CT molecular complexity index is 714. The maximum atomic E-state index is 12.3. The highest BCUT2D eigenvalue weighted by Crippen LogP contribution is 2.24. The standard InChI is InChI=1S/C13H12BrNO3S/c1-9-5-6-10(14)7-13(9)19(17,18)15-11-3-2-4-12(16)8-11/h2-8,15-16H,1H3. The Labute approximate surface area is 120 Å². The fourth-order valence-corrected chi connectivity index (χ4v) is 3.48. The van der Waals surface area contributed by atoms with Crippen molar-refractivity contribution in [3.63, 3.8) is 0 Å². The molecule has 0 radical (unpaired) electrons. The van der Waals surface area contributed by atoms with Gasteiger partial charge in [-0.1, -0.05) is 28.1 Å². The minimum atomic E-state index is -3.67. The van der Waals surface area contributed by atoms with E-state index in [1.54, 1.807) is 37.3 Å². The lowest BCUT2D eigenvalue weighted by Gasteiger charge is -2.11. The summed E-state index contributed by atoms with van der Waals surface area (Å²) in [7, 11) is -3.67. The van der Waals surface area contributed by atoms with Crippen molar-refractivity contribution in [3.8, 4) is 5.75 Å². The van der Waals surface area contributed by atoms with Crippen LogP contribution in [0, 0.1) is 6.92 Å². The number of aryl methyl sites for hydroxylation is 1. The smallest absolute Gasteiger partial charge is 0.262 e. The summed E-state index contributed by atoms with van der Waals surface area (Å²) in [6.07, 6.45) is 0. The fourth-order valence-electron chi connectivity index (χ4n) is 1.64. The second-order valence-electron chi connectivity index (χ2n) is 4.07. The van der Waals surface area contributed by atoms with E-state index >= 15 is 0 Å². The van der Waals surface area contributed by atoms with Crippen LogP contribution < -0.4 is 4.72 Å². The van der Waals surface area contributed by atoms with E-state index < -0.39 is 10.0 Å². The number of aromatic hydroxyl groups is 1. The van der Waals surface area contributed by atoms with Crippen molar-refractivity contribution >= 4 is 31.6 Å². The van der Waals surface area contributed by atoms with Crippen LogP contribution in [-0.4, -0.2) is 13.5 Å². The minimum absolute atomic E-state index is 0.00571. The number of rotatable bonds is 3. The number of nitrogens with one attached hydrogen (secondary N) is 1. The highest BCUT2D eigenvalue weighted by molar-refractivity contribution is 9.10. The summed E-state index contributed by atoms with van der Waals surface area (Å²) in [4.78, 5) is 0.199. The fraction of sp³-hybridized carbons (Fsp3) is 0.0769. The second-order valence-corrected chi connectivity index (χ2v) is 6.63.